The predicted molar refractivity (Wildman–Crippen MR) is 113 cm³/mol. The normalized spacial score (nSPS) is 17.9. The van der Waals surface area contributed by atoms with E-state index in [4.69, 9.17) is 5.73 Å². The quantitative estimate of drug-likeness (QED) is 0.385. The van der Waals surface area contributed by atoms with Gasteiger partial charge in [0.1, 0.15) is 5.82 Å². The van der Waals surface area contributed by atoms with Crippen LogP contribution in [-0.2, 0) is 6.54 Å². The summed E-state index contributed by atoms with van der Waals surface area (Å²) >= 11 is 0. The summed E-state index contributed by atoms with van der Waals surface area (Å²) in [6, 6.07) is 8.63. The van der Waals surface area contributed by atoms with Crippen LogP contribution >= 0.6 is 24.0 Å². The minimum atomic E-state index is -0.261. The second-order valence-electron chi connectivity index (χ2n) is 6.24. The fourth-order valence-electron chi connectivity index (χ4n) is 3.17. The summed E-state index contributed by atoms with van der Waals surface area (Å²) < 4.78 is 14.7. The van der Waals surface area contributed by atoms with Gasteiger partial charge >= 0.3 is 0 Å². The van der Waals surface area contributed by atoms with Crippen molar-refractivity contribution in [2.24, 2.45) is 10.7 Å². The van der Waals surface area contributed by atoms with Crippen molar-refractivity contribution < 1.29 is 4.39 Å². The Morgan fingerprint density at radius 3 is 2.85 bits per heavy atom. The monoisotopic (exact) mass is 472 g/mol. The van der Waals surface area contributed by atoms with Crippen LogP contribution in [0.4, 0.5) is 4.39 Å². The Kier molecular flexibility index (Phi) is 7.83. The third kappa shape index (κ3) is 5.41. The lowest BCUT2D eigenvalue weighted by atomic mass is 10.2. The molecule has 1 aliphatic rings. The molecule has 2 aromatic rings. The Labute approximate surface area is 170 Å². The molecule has 142 valence electrons. The van der Waals surface area contributed by atoms with Gasteiger partial charge in [-0.15, -0.1) is 24.0 Å². The van der Waals surface area contributed by atoms with Crippen LogP contribution < -0.4 is 11.1 Å². The van der Waals surface area contributed by atoms with Crippen molar-refractivity contribution in [1.29, 1.82) is 0 Å². The van der Waals surface area contributed by atoms with E-state index in [0.29, 0.717) is 18.5 Å². The van der Waals surface area contributed by atoms with Gasteiger partial charge in [0.2, 0.25) is 0 Å². The number of aliphatic imine (C=N–C) groups is 1. The van der Waals surface area contributed by atoms with Crippen LogP contribution in [0.5, 0.6) is 0 Å². The van der Waals surface area contributed by atoms with Crippen LogP contribution in [0.25, 0.3) is 5.69 Å². The summed E-state index contributed by atoms with van der Waals surface area (Å²) in [5, 5.41) is 7.65. The van der Waals surface area contributed by atoms with Crippen LogP contribution in [0, 0.1) is 5.82 Å². The topological polar surface area (TPSA) is 71.5 Å². The standard InChI is InChI=1S/C18H25FN6.HI/c1-2-24-10-3-4-17(24)13-22-18(20)21-12-15-9-11-25(23-15)16-7-5-14(19)6-8-16;/h5-9,11,17H,2-4,10,12-13H2,1H3,(H3,20,21,22);1H. The van der Waals surface area contributed by atoms with Gasteiger partial charge in [-0.2, -0.15) is 5.10 Å². The van der Waals surface area contributed by atoms with E-state index in [2.05, 4.69) is 27.2 Å². The highest BCUT2D eigenvalue weighted by molar-refractivity contribution is 14.0. The molecular formula is C18H26FIN6. The highest BCUT2D eigenvalue weighted by Crippen LogP contribution is 2.15. The summed E-state index contributed by atoms with van der Waals surface area (Å²) in [5.74, 6) is 0.183. The molecule has 1 aliphatic heterocycles. The van der Waals surface area contributed by atoms with Crippen molar-refractivity contribution in [3.63, 3.8) is 0 Å². The number of nitrogens with two attached hydrogens (primary N) is 1. The minimum absolute atomic E-state index is 0. The van der Waals surface area contributed by atoms with Crippen molar-refractivity contribution in [2.75, 3.05) is 19.6 Å². The Bertz CT molecular complexity index is 715. The van der Waals surface area contributed by atoms with E-state index in [9.17, 15) is 4.39 Å². The van der Waals surface area contributed by atoms with Gasteiger partial charge in [0, 0.05) is 18.8 Å². The first kappa shape index (κ1) is 20.6. The maximum absolute atomic E-state index is 13.0. The molecule has 0 spiro atoms. The molecule has 1 fully saturated rings. The smallest absolute Gasteiger partial charge is 0.189 e. The lowest BCUT2D eigenvalue weighted by Gasteiger charge is -2.23. The van der Waals surface area contributed by atoms with E-state index in [0.717, 1.165) is 24.5 Å². The lowest BCUT2D eigenvalue weighted by Crippen LogP contribution is -2.42. The van der Waals surface area contributed by atoms with Crippen LogP contribution in [0.2, 0.25) is 0 Å². The first-order valence-corrected chi connectivity index (χ1v) is 8.74. The number of guanidine groups is 1. The Morgan fingerprint density at radius 1 is 1.35 bits per heavy atom. The minimum Gasteiger partial charge on any atom is -0.370 e. The highest BCUT2D eigenvalue weighted by atomic mass is 127. The molecule has 0 aliphatic carbocycles. The SMILES string of the molecule is CCN1CCCC1CNC(N)=NCc1ccn(-c2ccc(F)cc2)n1.I. The first-order chi connectivity index (χ1) is 12.2. The van der Waals surface area contributed by atoms with Crippen molar-refractivity contribution in [2.45, 2.75) is 32.4 Å². The van der Waals surface area contributed by atoms with E-state index in [1.54, 1.807) is 16.8 Å². The molecule has 1 aromatic carbocycles. The van der Waals surface area contributed by atoms with Crippen molar-refractivity contribution in [3.8, 4) is 5.69 Å². The van der Waals surface area contributed by atoms with Gasteiger partial charge < -0.3 is 11.1 Å². The average Bonchev–Trinajstić information content (AvgIpc) is 3.27. The maximum atomic E-state index is 13.0. The summed E-state index contributed by atoms with van der Waals surface area (Å²) in [6.45, 7) is 5.67. The fourth-order valence-corrected chi connectivity index (χ4v) is 3.17. The molecule has 26 heavy (non-hydrogen) atoms. The molecule has 1 aromatic heterocycles. The predicted octanol–water partition coefficient (Wildman–Crippen LogP) is 2.52. The Morgan fingerprint density at radius 2 is 2.12 bits per heavy atom. The van der Waals surface area contributed by atoms with E-state index in [1.165, 1.54) is 31.5 Å². The molecule has 1 unspecified atom stereocenters. The molecule has 1 saturated heterocycles. The molecule has 1 atom stereocenters. The van der Waals surface area contributed by atoms with Gasteiger partial charge in [0.15, 0.2) is 5.96 Å². The zero-order valence-electron chi connectivity index (χ0n) is 14.9. The molecule has 8 heteroatoms. The Hall–Kier alpha value is -1.68. The summed E-state index contributed by atoms with van der Waals surface area (Å²) in [5.41, 5.74) is 7.58. The van der Waals surface area contributed by atoms with Crippen molar-refractivity contribution in [3.05, 3.63) is 48.0 Å². The van der Waals surface area contributed by atoms with Crippen LogP contribution in [0.1, 0.15) is 25.5 Å². The molecule has 3 N–H and O–H groups in total. The zero-order chi connectivity index (χ0) is 17.6. The molecular weight excluding hydrogens is 446 g/mol. The average molecular weight is 472 g/mol. The second kappa shape index (κ2) is 9.86. The largest absolute Gasteiger partial charge is 0.370 e. The zero-order valence-corrected chi connectivity index (χ0v) is 17.3. The molecule has 0 bridgehead atoms. The molecule has 2 heterocycles. The molecule has 3 rings (SSSR count). The third-order valence-corrected chi connectivity index (χ3v) is 4.57. The van der Waals surface area contributed by atoms with E-state index in [1.807, 2.05) is 12.3 Å². The fraction of sp³-hybridized carbons (Fsp3) is 0.444. The number of likely N-dealkylation sites (tertiary alicyclic amines) is 1. The summed E-state index contributed by atoms with van der Waals surface area (Å²) in [7, 11) is 0. The molecule has 0 saturated carbocycles. The van der Waals surface area contributed by atoms with Crippen LogP contribution in [0.15, 0.2) is 41.5 Å². The molecule has 0 radical (unpaired) electrons. The summed E-state index contributed by atoms with van der Waals surface area (Å²) in [6.07, 6.45) is 4.29. The lowest BCUT2D eigenvalue weighted by molar-refractivity contribution is 0.267. The second-order valence-corrected chi connectivity index (χ2v) is 6.24. The number of rotatable bonds is 6. The van der Waals surface area contributed by atoms with Gasteiger partial charge in [0.05, 0.1) is 17.9 Å². The van der Waals surface area contributed by atoms with Crippen molar-refractivity contribution in [1.82, 2.24) is 20.0 Å². The molecule has 6 nitrogen and oxygen atoms in total. The number of likely N-dealkylation sites (N-methyl/N-ethyl adjacent to an activating group) is 1. The van der Waals surface area contributed by atoms with Gasteiger partial charge in [-0.3, -0.25) is 4.90 Å². The van der Waals surface area contributed by atoms with Gasteiger partial charge in [-0.25, -0.2) is 14.1 Å². The third-order valence-electron chi connectivity index (χ3n) is 4.57. The number of aromatic nitrogens is 2. The van der Waals surface area contributed by atoms with Gasteiger partial charge in [0.25, 0.3) is 0 Å². The highest BCUT2D eigenvalue weighted by Gasteiger charge is 2.22. The van der Waals surface area contributed by atoms with E-state index in [-0.39, 0.29) is 29.8 Å². The number of nitrogens with zero attached hydrogens (tertiary/aromatic N) is 4. The Balaban J connectivity index is 0.00000243. The van der Waals surface area contributed by atoms with Crippen molar-refractivity contribution >= 4 is 29.9 Å². The van der Waals surface area contributed by atoms with Crippen LogP contribution in [0.3, 0.4) is 0 Å². The van der Waals surface area contributed by atoms with Gasteiger partial charge in [-0.05, 0) is 56.3 Å². The van der Waals surface area contributed by atoms with E-state index >= 15 is 0 Å². The maximum Gasteiger partial charge on any atom is 0.189 e. The summed E-state index contributed by atoms with van der Waals surface area (Å²) in [4.78, 5) is 6.82. The van der Waals surface area contributed by atoms with Gasteiger partial charge in [-0.1, -0.05) is 6.92 Å². The first-order valence-electron chi connectivity index (χ1n) is 8.74. The number of nitrogens with one attached hydrogen (secondary N) is 1. The van der Waals surface area contributed by atoms with E-state index < -0.39 is 0 Å². The number of benzene rings is 1. The number of halogens is 2. The number of hydrogen-bond donors (Lipinski definition) is 2. The van der Waals surface area contributed by atoms with Crippen LogP contribution in [-0.4, -0.2) is 46.3 Å². The number of hydrogen-bond acceptors (Lipinski definition) is 3. The molecule has 0 amide bonds.